The highest BCUT2D eigenvalue weighted by atomic mass is 35.5. The molecule has 0 fully saturated rings. The average Bonchev–Trinajstić information content (AvgIpc) is 2.83. The van der Waals surface area contributed by atoms with Crippen LogP contribution in [0.5, 0.6) is 0 Å². The van der Waals surface area contributed by atoms with Crippen molar-refractivity contribution in [1.29, 1.82) is 0 Å². The fourth-order valence-corrected chi connectivity index (χ4v) is 4.22. The molecular weight excluding hydrogens is 298 g/mol. The first-order chi connectivity index (χ1) is 9.28. The Balaban J connectivity index is 2.01. The Kier molecular flexibility index (Phi) is 3.75. The second-order valence-electron chi connectivity index (χ2n) is 3.94. The topological polar surface area (TPSA) is 33.1 Å². The summed E-state index contributed by atoms with van der Waals surface area (Å²) in [4.78, 5) is 5.45. The van der Waals surface area contributed by atoms with Crippen LogP contribution < -0.4 is 0 Å². The molecule has 0 spiro atoms. The lowest BCUT2D eigenvalue weighted by molar-refractivity contribution is 0.279. The van der Waals surface area contributed by atoms with Gasteiger partial charge in [0.2, 0.25) is 0 Å². The van der Waals surface area contributed by atoms with Crippen LogP contribution in [0, 0.1) is 0 Å². The summed E-state index contributed by atoms with van der Waals surface area (Å²) in [6.07, 6.45) is 0. The van der Waals surface area contributed by atoms with E-state index >= 15 is 0 Å². The first-order valence-electron chi connectivity index (χ1n) is 5.69. The molecule has 0 saturated carbocycles. The van der Waals surface area contributed by atoms with Crippen molar-refractivity contribution in [3.8, 4) is 0 Å². The number of benzene rings is 2. The van der Waals surface area contributed by atoms with Gasteiger partial charge in [0, 0.05) is 4.90 Å². The van der Waals surface area contributed by atoms with Crippen LogP contribution in [0.25, 0.3) is 10.2 Å². The zero-order valence-electron chi connectivity index (χ0n) is 9.84. The van der Waals surface area contributed by atoms with Gasteiger partial charge in [-0.3, -0.25) is 0 Å². The van der Waals surface area contributed by atoms with Gasteiger partial charge in [-0.15, -0.1) is 11.3 Å². The van der Waals surface area contributed by atoms with Crippen molar-refractivity contribution in [2.75, 3.05) is 0 Å². The molecular formula is C14H10ClNOS2. The van der Waals surface area contributed by atoms with Gasteiger partial charge in [-0.25, -0.2) is 4.98 Å². The van der Waals surface area contributed by atoms with Gasteiger partial charge in [-0.2, -0.15) is 0 Å². The van der Waals surface area contributed by atoms with E-state index in [0.29, 0.717) is 5.02 Å². The molecule has 2 aromatic carbocycles. The molecule has 0 aliphatic rings. The Labute approximate surface area is 124 Å². The van der Waals surface area contributed by atoms with E-state index in [9.17, 15) is 5.11 Å². The van der Waals surface area contributed by atoms with Crippen molar-refractivity contribution in [1.82, 2.24) is 4.98 Å². The monoisotopic (exact) mass is 307 g/mol. The number of hydrogen-bond donors (Lipinski definition) is 1. The summed E-state index contributed by atoms with van der Waals surface area (Å²) in [6, 6.07) is 13.6. The summed E-state index contributed by atoms with van der Waals surface area (Å²) in [5.74, 6) is 0. The van der Waals surface area contributed by atoms with Gasteiger partial charge in [0.05, 0.1) is 21.8 Å². The normalized spacial score (nSPS) is 11.1. The molecule has 3 aromatic rings. The second-order valence-corrected chi connectivity index (χ2v) is 6.63. The predicted molar refractivity (Wildman–Crippen MR) is 81.1 cm³/mol. The number of para-hydroxylation sites is 1. The molecule has 1 N–H and O–H groups in total. The van der Waals surface area contributed by atoms with E-state index < -0.39 is 0 Å². The molecule has 0 atom stereocenters. The number of aliphatic hydroxyl groups is 1. The van der Waals surface area contributed by atoms with E-state index in [4.69, 9.17) is 11.6 Å². The lowest BCUT2D eigenvalue weighted by Gasteiger charge is -2.06. The molecule has 0 bridgehead atoms. The minimum absolute atomic E-state index is 0.0201. The van der Waals surface area contributed by atoms with Gasteiger partial charge in [-0.1, -0.05) is 47.6 Å². The van der Waals surface area contributed by atoms with E-state index in [0.717, 1.165) is 25.0 Å². The predicted octanol–water partition coefficient (Wildman–Crippen LogP) is 4.59. The van der Waals surface area contributed by atoms with E-state index in [-0.39, 0.29) is 6.61 Å². The van der Waals surface area contributed by atoms with Gasteiger partial charge in [0.15, 0.2) is 4.34 Å². The maximum Gasteiger partial charge on any atom is 0.155 e. The molecule has 19 heavy (non-hydrogen) atoms. The Morgan fingerprint density at radius 1 is 1.16 bits per heavy atom. The highest BCUT2D eigenvalue weighted by Crippen LogP contribution is 2.39. The Hall–Kier alpha value is -1.07. The molecule has 0 amide bonds. The number of aromatic nitrogens is 1. The molecule has 0 unspecified atom stereocenters. The third-order valence-corrected chi connectivity index (χ3v) is 5.39. The maximum absolute atomic E-state index is 9.37. The number of halogens is 1. The summed E-state index contributed by atoms with van der Waals surface area (Å²) < 4.78 is 2.09. The number of rotatable bonds is 3. The standard InChI is InChI=1S/C14H10ClNOS2/c15-10-5-3-4-9(8-17)13(10)19-14-16-11-6-1-2-7-12(11)18-14/h1-7,17H,8H2. The van der Waals surface area contributed by atoms with E-state index in [1.54, 1.807) is 11.3 Å². The zero-order chi connectivity index (χ0) is 13.2. The fourth-order valence-electron chi connectivity index (χ4n) is 1.77. The van der Waals surface area contributed by atoms with Crippen LogP contribution in [0.3, 0.4) is 0 Å². The number of nitrogens with zero attached hydrogens (tertiary/aromatic N) is 1. The lowest BCUT2D eigenvalue weighted by atomic mass is 10.2. The first-order valence-corrected chi connectivity index (χ1v) is 7.70. The van der Waals surface area contributed by atoms with E-state index in [2.05, 4.69) is 11.1 Å². The molecule has 96 valence electrons. The molecule has 1 aromatic heterocycles. The third-order valence-electron chi connectivity index (χ3n) is 2.68. The van der Waals surface area contributed by atoms with Crippen molar-refractivity contribution in [3.05, 3.63) is 53.1 Å². The van der Waals surface area contributed by atoms with Crippen molar-refractivity contribution >= 4 is 44.9 Å². The molecule has 3 rings (SSSR count). The van der Waals surface area contributed by atoms with Crippen molar-refractivity contribution in [2.24, 2.45) is 0 Å². The van der Waals surface area contributed by atoms with Crippen LogP contribution in [-0.2, 0) is 6.61 Å². The molecule has 0 saturated heterocycles. The Morgan fingerprint density at radius 3 is 2.79 bits per heavy atom. The van der Waals surface area contributed by atoms with Gasteiger partial charge in [-0.05, 0) is 23.8 Å². The molecule has 0 aliphatic heterocycles. The van der Waals surface area contributed by atoms with Crippen LogP contribution in [0.4, 0.5) is 0 Å². The zero-order valence-corrected chi connectivity index (χ0v) is 12.2. The third kappa shape index (κ3) is 2.62. The van der Waals surface area contributed by atoms with E-state index in [1.807, 2.05) is 36.4 Å². The summed E-state index contributed by atoms with van der Waals surface area (Å²) >= 11 is 9.34. The van der Waals surface area contributed by atoms with Crippen LogP contribution in [0.15, 0.2) is 51.7 Å². The van der Waals surface area contributed by atoms with Crippen LogP contribution >= 0.6 is 34.7 Å². The molecule has 0 aliphatic carbocycles. The van der Waals surface area contributed by atoms with Crippen molar-refractivity contribution in [2.45, 2.75) is 15.8 Å². The quantitative estimate of drug-likeness (QED) is 0.768. The van der Waals surface area contributed by atoms with Gasteiger partial charge < -0.3 is 5.11 Å². The van der Waals surface area contributed by atoms with Gasteiger partial charge in [0.1, 0.15) is 0 Å². The molecule has 0 radical (unpaired) electrons. The van der Waals surface area contributed by atoms with Crippen molar-refractivity contribution < 1.29 is 5.11 Å². The summed E-state index contributed by atoms with van der Waals surface area (Å²) in [7, 11) is 0. The van der Waals surface area contributed by atoms with Crippen molar-refractivity contribution in [3.63, 3.8) is 0 Å². The maximum atomic E-state index is 9.37. The summed E-state index contributed by atoms with van der Waals surface area (Å²) in [5, 5.41) is 10.0. The van der Waals surface area contributed by atoms with Gasteiger partial charge in [0.25, 0.3) is 0 Å². The Bertz CT molecular complexity index is 693. The summed E-state index contributed by atoms with van der Waals surface area (Å²) in [5.41, 5.74) is 1.82. The number of fused-ring (bicyclic) bond motifs is 1. The fraction of sp³-hybridized carbons (Fsp3) is 0.0714. The van der Waals surface area contributed by atoms with Gasteiger partial charge >= 0.3 is 0 Å². The first kappa shape index (κ1) is 12.9. The SMILES string of the molecule is OCc1cccc(Cl)c1Sc1nc2ccccc2s1. The van der Waals surface area contributed by atoms with Crippen LogP contribution in [0.1, 0.15) is 5.56 Å². The number of hydrogen-bond acceptors (Lipinski definition) is 4. The second kappa shape index (κ2) is 5.51. The van der Waals surface area contributed by atoms with E-state index in [1.165, 1.54) is 11.8 Å². The minimum atomic E-state index is -0.0201. The van der Waals surface area contributed by atoms with Crippen LogP contribution in [-0.4, -0.2) is 10.1 Å². The smallest absolute Gasteiger partial charge is 0.155 e. The molecule has 1 heterocycles. The highest BCUT2D eigenvalue weighted by molar-refractivity contribution is 8.01. The molecule has 2 nitrogen and oxygen atoms in total. The lowest BCUT2D eigenvalue weighted by Crippen LogP contribution is -1.87. The largest absolute Gasteiger partial charge is 0.392 e. The number of thiazole rings is 1. The Morgan fingerprint density at radius 2 is 2.00 bits per heavy atom. The molecule has 5 heteroatoms. The summed E-state index contributed by atoms with van der Waals surface area (Å²) in [6.45, 7) is -0.0201. The van der Waals surface area contributed by atoms with Crippen LogP contribution in [0.2, 0.25) is 5.02 Å². The average molecular weight is 308 g/mol. The number of aliphatic hydroxyl groups excluding tert-OH is 1. The highest BCUT2D eigenvalue weighted by Gasteiger charge is 2.11. The minimum Gasteiger partial charge on any atom is -0.392 e.